The molecule has 1 aliphatic carbocycles. The molecule has 2 nitrogen and oxygen atoms in total. The van der Waals surface area contributed by atoms with Gasteiger partial charge in [-0.05, 0) is 30.5 Å². The Labute approximate surface area is 126 Å². The van der Waals surface area contributed by atoms with Crippen LogP contribution in [0.4, 0.5) is 5.69 Å². The molecule has 1 heterocycles. The van der Waals surface area contributed by atoms with Crippen molar-refractivity contribution in [3.8, 4) is 0 Å². The Morgan fingerprint density at radius 2 is 1.57 bits per heavy atom. The van der Waals surface area contributed by atoms with Crippen molar-refractivity contribution in [1.29, 1.82) is 0 Å². The zero-order valence-corrected chi connectivity index (χ0v) is 12.2. The lowest BCUT2D eigenvalue weighted by atomic mass is 9.64. The van der Waals surface area contributed by atoms with Gasteiger partial charge >= 0.3 is 0 Å². The van der Waals surface area contributed by atoms with Crippen molar-refractivity contribution >= 4 is 5.69 Å². The van der Waals surface area contributed by atoms with Crippen LogP contribution < -0.4 is 4.90 Å². The third-order valence-corrected chi connectivity index (χ3v) is 5.14. The van der Waals surface area contributed by atoms with E-state index in [0.29, 0.717) is 0 Å². The molecule has 3 unspecified atom stereocenters. The second-order valence-corrected chi connectivity index (χ2v) is 6.31. The van der Waals surface area contributed by atoms with Crippen molar-refractivity contribution in [2.24, 2.45) is 0 Å². The van der Waals surface area contributed by atoms with E-state index in [4.69, 9.17) is 0 Å². The van der Waals surface area contributed by atoms with Crippen molar-refractivity contribution in [2.75, 3.05) is 4.90 Å². The average molecular weight is 279 g/mol. The SMILES string of the molecule is OC12CCCCC1N(c1ccccc1)C2c1ccccc1. The summed E-state index contributed by atoms with van der Waals surface area (Å²) < 4.78 is 0. The number of hydrogen-bond donors (Lipinski definition) is 1. The normalized spacial score (nSPS) is 31.4. The number of hydrogen-bond acceptors (Lipinski definition) is 2. The van der Waals surface area contributed by atoms with E-state index in [0.717, 1.165) is 19.3 Å². The van der Waals surface area contributed by atoms with Gasteiger partial charge in [0.05, 0.1) is 12.1 Å². The highest BCUT2D eigenvalue weighted by Crippen LogP contribution is 2.55. The van der Waals surface area contributed by atoms with Crippen LogP contribution in [-0.4, -0.2) is 16.7 Å². The summed E-state index contributed by atoms with van der Waals surface area (Å²) in [6.45, 7) is 0. The summed E-state index contributed by atoms with van der Waals surface area (Å²) in [5.41, 5.74) is 1.89. The average Bonchev–Trinajstić information content (AvgIpc) is 2.53. The van der Waals surface area contributed by atoms with E-state index in [2.05, 4.69) is 53.4 Å². The first-order valence-corrected chi connectivity index (χ1v) is 7.91. The Morgan fingerprint density at radius 3 is 2.29 bits per heavy atom. The summed E-state index contributed by atoms with van der Waals surface area (Å²) in [4.78, 5) is 2.43. The number of benzene rings is 2. The topological polar surface area (TPSA) is 23.5 Å². The molecule has 4 rings (SSSR count). The first kappa shape index (κ1) is 12.9. The van der Waals surface area contributed by atoms with Crippen LogP contribution in [0.25, 0.3) is 0 Å². The molecule has 0 spiro atoms. The monoisotopic (exact) mass is 279 g/mol. The van der Waals surface area contributed by atoms with Crippen LogP contribution >= 0.6 is 0 Å². The summed E-state index contributed by atoms with van der Waals surface area (Å²) >= 11 is 0. The fourth-order valence-electron chi connectivity index (χ4n) is 4.21. The van der Waals surface area contributed by atoms with Gasteiger partial charge in [0, 0.05) is 5.69 Å². The lowest BCUT2D eigenvalue weighted by Gasteiger charge is -2.64. The van der Waals surface area contributed by atoms with Crippen molar-refractivity contribution in [3.05, 3.63) is 66.2 Å². The molecule has 108 valence electrons. The molecule has 1 saturated carbocycles. The summed E-state index contributed by atoms with van der Waals surface area (Å²) in [5.74, 6) is 0. The van der Waals surface area contributed by atoms with Crippen molar-refractivity contribution in [1.82, 2.24) is 0 Å². The predicted octanol–water partition coefficient (Wildman–Crippen LogP) is 3.92. The molecule has 21 heavy (non-hydrogen) atoms. The highest BCUT2D eigenvalue weighted by Gasteiger charge is 2.60. The molecule has 2 aliphatic rings. The van der Waals surface area contributed by atoms with Crippen LogP contribution in [0, 0.1) is 0 Å². The molecule has 2 aromatic rings. The summed E-state index contributed by atoms with van der Waals surface area (Å²) in [6.07, 6.45) is 4.37. The lowest BCUT2D eigenvalue weighted by molar-refractivity contribution is -0.100. The van der Waals surface area contributed by atoms with Crippen LogP contribution in [0.3, 0.4) is 0 Å². The smallest absolute Gasteiger partial charge is 0.109 e. The van der Waals surface area contributed by atoms with Crippen molar-refractivity contribution < 1.29 is 5.11 Å². The Kier molecular flexibility index (Phi) is 3.00. The maximum absolute atomic E-state index is 11.2. The molecule has 0 radical (unpaired) electrons. The van der Waals surface area contributed by atoms with Crippen LogP contribution in [0.15, 0.2) is 60.7 Å². The van der Waals surface area contributed by atoms with Crippen LogP contribution in [0.2, 0.25) is 0 Å². The van der Waals surface area contributed by atoms with Gasteiger partial charge in [-0.3, -0.25) is 0 Å². The summed E-state index contributed by atoms with van der Waals surface area (Å²) in [5, 5.41) is 11.2. The predicted molar refractivity (Wildman–Crippen MR) is 85.3 cm³/mol. The summed E-state index contributed by atoms with van der Waals surface area (Å²) in [7, 11) is 0. The van der Waals surface area contributed by atoms with Crippen LogP contribution in [0.5, 0.6) is 0 Å². The van der Waals surface area contributed by atoms with Gasteiger partial charge in [0.15, 0.2) is 0 Å². The molecular weight excluding hydrogens is 258 g/mol. The van der Waals surface area contributed by atoms with Gasteiger partial charge in [0.25, 0.3) is 0 Å². The minimum absolute atomic E-state index is 0.0893. The van der Waals surface area contributed by atoms with Gasteiger partial charge in [0.1, 0.15) is 5.60 Å². The zero-order valence-electron chi connectivity index (χ0n) is 12.2. The van der Waals surface area contributed by atoms with Gasteiger partial charge in [0.2, 0.25) is 0 Å². The highest BCUT2D eigenvalue weighted by atomic mass is 16.3. The van der Waals surface area contributed by atoms with Gasteiger partial charge in [-0.1, -0.05) is 61.4 Å². The van der Waals surface area contributed by atoms with E-state index in [-0.39, 0.29) is 12.1 Å². The van der Waals surface area contributed by atoms with Crippen LogP contribution in [-0.2, 0) is 0 Å². The van der Waals surface area contributed by atoms with E-state index in [1.54, 1.807) is 0 Å². The number of anilines is 1. The molecule has 3 atom stereocenters. The number of aliphatic hydroxyl groups is 1. The minimum Gasteiger partial charge on any atom is -0.385 e. The fraction of sp³-hybridized carbons (Fsp3) is 0.368. The number of nitrogens with zero attached hydrogens (tertiary/aromatic N) is 1. The van der Waals surface area contributed by atoms with E-state index in [9.17, 15) is 5.11 Å². The Hall–Kier alpha value is -1.80. The van der Waals surface area contributed by atoms with E-state index in [1.807, 2.05) is 12.1 Å². The highest BCUT2D eigenvalue weighted by molar-refractivity contribution is 5.57. The van der Waals surface area contributed by atoms with Crippen LogP contribution in [0.1, 0.15) is 37.3 Å². The molecule has 1 saturated heterocycles. The van der Waals surface area contributed by atoms with Crippen molar-refractivity contribution in [2.45, 2.75) is 43.4 Å². The zero-order chi connectivity index (χ0) is 14.3. The second-order valence-electron chi connectivity index (χ2n) is 6.31. The maximum Gasteiger partial charge on any atom is 0.109 e. The van der Waals surface area contributed by atoms with E-state index in [1.165, 1.54) is 17.7 Å². The lowest BCUT2D eigenvalue weighted by Crippen LogP contribution is -2.72. The fourth-order valence-corrected chi connectivity index (χ4v) is 4.21. The first-order chi connectivity index (χ1) is 10.3. The Bertz CT molecular complexity index is 612. The number of rotatable bonds is 2. The third-order valence-electron chi connectivity index (χ3n) is 5.14. The molecule has 0 aromatic heterocycles. The largest absolute Gasteiger partial charge is 0.385 e. The van der Waals surface area contributed by atoms with E-state index >= 15 is 0 Å². The van der Waals surface area contributed by atoms with E-state index < -0.39 is 5.60 Å². The van der Waals surface area contributed by atoms with Gasteiger partial charge in [-0.25, -0.2) is 0 Å². The maximum atomic E-state index is 11.2. The molecule has 2 fully saturated rings. The molecule has 0 bridgehead atoms. The Balaban J connectivity index is 1.77. The first-order valence-electron chi connectivity index (χ1n) is 7.91. The quantitative estimate of drug-likeness (QED) is 0.900. The van der Waals surface area contributed by atoms with Crippen molar-refractivity contribution in [3.63, 3.8) is 0 Å². The summed E-state index contributed by atoms with van der Waals surface area (Å²) in [6, 6.07) is 21.3. The Morgan fingerprint density at radius 1 is 0.905 bits per heavy atom. The van der Waals surface area contributed by atoms with Gasteiger partial charge in [-0.2, -0.15) is 0 Å². The number of para-hydroxylation sites is 1. The number of fused-ring (bicyclic) bond motifs is 1. The molecule has 1 N–H and O–H groups in total. The molecule has 1 aliphatic heterocycles. The second kappa shape index (κ2) is 4.88. The molecule has 2 heteroatoms. The molecule has 2 aromatic carbocycles. The third kappa shape index (κ3) is 1.90. The standard InChI is InChI=1S/C19H21NO/c21-19-14-8-7-13-17(19)20(16-11-5-2-6-12-16)18(19)15-9-3-1-4-10-15/h1-6,9-12,17-18,21H,7-8,13-14H2. The van der Waals surface area contributed by atoms with Gasteiger partial charge in [-0.15, -0.1) is 0 Å². The minimum atomic E-state index is -0.560. The van der Waals surface area contributed by atoms with Gasteiger partial charge < -0.3 is 10.0 Å². The molecular formula is C19H21NO. The molecule has 0 amide bonds.